The van der Waals surface area contributed by atoms with Crippen LogP contribution in [0, 0.1) is 0 Å². The first-order chi connectivity index (χ1) is 10.9. The van der Waals surface area contributed by atoms with Crippen molar-refractivity contribution in [1.29, 1.82) is 0 Å². The Morgan fingerprint density at radius 3 is 1.18 bits per heavy atom. The SMILES string of the molecule is c1ccc(-c2ccccc2)cc1.c1ccc2nccnc2c1. The van der Waals surface area contributed by atoms with Crippen molar-refractivity contribution < 1.29 is 0 Å². The van der Waals surface area contributed by atoms with E-state index in [4.69, 9.17) is 0 Å². The highest BCUT2D eigenvalue weighted by atomic mass is 14.8. The molecule has 0 aliphatic heterocycles. The Bertz CT molecular complexity index is 724. The highest BCUT2D eigenvalue weighted by Gasteiger charge is 1.91. The fraction of sp³-hybridized carbons (Fsp3) is 0. The predicted octanol–water partition coefficient (Wildman–Crippen LogP) is 4.98. The molecule has 0 aliphatic carbocycles. The largest absolute Gasteiger partial charge is 0.253 e. The average Bonchev–Trinajstić information content (AvgIpc) is 2.64. The third-order valence-electron chi connectivity index (χ3n) is 3.26. The van der Waals surface area contributed by atoms with Crippen molar-refractivity contribution in [2.45, 2.75) is 0 Å². The summed E-state index contributed by atoms with van der Waals surface area (Å²) in [4.78, 5) is 8.24. The Morgan fingerprint density at radius 1 is 0.409 bits per heavy atom. The summed E-state index contributed by atoms with van der Waals surface area (Å²) in [7, 11) is 0. The summed E-state index contributed by atoms with van der Waals surface area (Å²) in [5.74, 6) is 0. The van der Waals surface area contributed by atoms with Gasteiger partial charge in [-0.1, -0.05) is 72.8 Å². The molecule has 0 amide bonds. The molecular formula is C20H16N2. The molecular weight excluding hydrogens is 268 g/mol. The number of para-hydroxylation sites is 2. The third kappa shape index (κ3) is 3.55. The van der Waals surface area contributed by atoms with Gasteiger partial charge < -0.3 is 0 Å². The molecule has 0 saturated carbocycles. The molecule has 0 atom stereocenters. The van der Waals surface area contributed by atoms with Crippen LogP contribution in [0.1, 0.15) is 0 Å². The van der Waals surface area contributed by atoms with Crippen LogP contribution >= 0.6 is 0 Å². The Balaban J connectivity index is 0.000000133. The minimum atomic E-state index is 0.949. The van der Waals surface area contributed by atoms with Gasteiger partial charge in [0.25, 0.3) is 0 Å². The van der Waals surface area contributed by atoms with Gasteiger partial charge in [0.2, 0.25) is 0 Å². The Labute approximate surface area is 130 Å². The lowest BCUT2D eigenvalue weighted by atomic mass is 10.1. The van der Waals surface area contributed by atoms with Crippen molar-refractivity contribution in [2.75, 3.05) is 0 Å². The maximum Gasteiger partial charge on any atom is 0.0886 e. The van der Waals surface area contributed by atoms with Gasteiger partial charge in [0.05, 0.1) is 11.0 Å². The highest BCUT2D eigenvalue weighted by molar-refractivity contribution is 5.73. The quantitative estimate of drug-likeness (QED) is 0.492. The van der Waals surface area contributed by atoms with Crippen molar-refractivity contribution in [3.8, 4) is 11.1 Å². The van der Waals surface area contributed by atoms with Crippen LogP contribution in [0.25, 0.3) is 22.2 Å². The predicted molar refractivity (Wildman–Crippen MR) is 91.4 cm³/mol. The van der Waals surface area contributed by atoms with Crippen LogP contribution in [-0.2, 0) is 0 Å². The van der Waals surface area contributed by atoms with Gasteiger partial charge in [-0.3, -0.25) is 9.97 Å². The van der Waals surface area contributed by atoms with E-state index in [1.54, 1.807) is 12.4 Å². The molecule has 0 spiro atoms. The van der Waals surface area contributed by atoms with Crippen molar-refractivity contribution >= 4 is 11.0 Å². The minimum absolute atomic E-state index is 0.949. The molecule has 106 valence electrons. The van der Waals surface area contributed by atoms with E-state index in [9.17, 15) is 0 Å². The number of fused-ring (bicyclic) bond motifs is 1. The number of rotatable bonds is 1. The summed E-state index contributed by atoms with van der Waals surface area (Å²) in [5, 5.41) is 0. The Kier molecular flexibility index (Phi) is 4.53. The smallest absolute Gasteiger partial charge is 0.0886 e. The van der Waals surface area contributed by atoms with Crippen LogP contribution in [0.3, 0.4) is 0 Å². The Morgan fingerprint density at radius 2 is 0.773 bits per heavy atom. The molecule has 0 N–H and O–H groups in total. The van der Waals surface area contributed by atoms with Crippen LogP contribution in [0.15, 0.2) is 97.3 Å². The second-order valence-electron chi connectivity index (χ2n) is 4.78. The number of aromatic nitrogens is 2. The number of hydrogen-bond acceptors (Lipinski definition) is 2. The minimum Gasteiger partial charge on any atom is -0.253 e. The second kappa shape index (κ2) is 7.14. The molecule has 0 fully saturated rings. The molecule has 1 heterocycles. The number of nitrogens with zero attached hydrogens (tertiary/aromatic N) is 2. The zero-order chi connectivity index (χ0) is 15.0. The summed E-state index contributed by atoms with van der Waals surface area (Å²) in [6.45, 7) is 0. The lowest BCUT2D eigenvalue weighted by molar-refractivity contribution is 1.29. The first kappa shape index (κ1) is 14.0. The van der Waals surface area contributed by atoms with E-state index < -0.39 is 0 Å². The van der Waals surface area contributed by atoms with Gasteiger partial charge in [-0.2, -0.15) is 0 Å². The fourth-order valence-corrected chi connectivity index (χ4v) is 2.17. The van der Waals surface area contributed by atoms with Gasteiger partial charge in [0, 0.05) is 12.4 Å². The van der Waals surface area contributed by atoms with Gasteiger partial charge >= 0.3 is 0 Å². The first-order valence-corrected chi connectivity index (χ1v) is 7.20. The molecule has 22 heavy (non-hydrogen) atoms. The third-order valence-corrected chi connectivity index (χ3v) is 3.26. The maximum absolute atomic E-state index is 4.12. The highest BCUT2D eigenvalue weighted by Crippen LogP contribution is 2.17. The van der Waals surface area contributed by atoms with E-state index in [0.29, 0.717) is 0 Å². The van der Waals surface area contributed by atoms with Gasteiger partial charge in [-0.15, -0.1) is 0 Å². The topological polar surface area (TPSA) is 25.8 Å². The zero-order valence-corrected chi connectivity index (χ0v) is 12.1. The summed E-state index contributed by atoms with van der Waals surface area (Å²) in [6, 6.07) is 28.6. The zero-order valence-electron chi connectivity index (χ0n) is 12.1. The summed E-state index contributed by atoms with van der Waals surface area (Å²) in [5.41, 5.74) is 4.45. The van der Waals surface area contributed by atoms with Gasteiger partial charge in [-0.05, 0) is 23.3 Å². The van der Waals surface area contributed by atoms with Gasteiger partial charge in [0.15, 0.2) is 0 Å². The lowest BCUT2D eigenvalue weighted by Gasteiger charge is -1.98. The Hall–Kier alpha value is -3.00. The van der Waals surface area contributed by atoms with Crippen molar-refractivity contribution in [1.82, 2.24) is 9.97 Å². The number of benzene rings is 3. The molecule has 0 saturated heterocycles. The normalized spacial score (nSPS) is 9.82. The summed E-state index contributed by atoms with van der Waals surface area (Å²) in [6.07, 6.45) is 3.39. The first-order valence-electron chi connectivity index (χ1n) is 7.20. The fourth-order valence-electron chi connectivity index (χ4n) is 2.17. The number of hydrogen-bond donors (Lipinski definition) is 0. The molecule has 4 aromatic rings. The molecule has 1 aromatic heterocycles. The lowest BCUT2D eigenvalue weighted by Crippen LogP contribution is -1.78. The molecule has 4 rings (SSSR count). The summed E-state index contributed by atoms with van der Waals surface area (Å²) < 4.78 is 0. The van der Waals surface area contributed by atoms with Crippen LogP contribution in [-0.4, -0.2) is 9.97 Å². The molecule has 0 bridgehead atoms. The molecule has 3 aromatic carbocycles. The van der Waals surface area contributed by atoms with E-state index in [1.165, 1.54) is 11.1 Å². The van der Waals surface area contributed by atoms with Crippen LogP contribution in [0.2, 0.25) is 0 Å². The molecule has 0 radical (unpaired) electrons. The van der Waals surface area contributed by atoms with Crippen LogP contribution in [0.4, 0.5) is 0 Å². The second-order valence-corrected chi connectivity index (χ2v) is 4.78. The van der Waals surface area contributed by atoms with Crippen LogP contribution < -0.4 is 0 Å². The van der Waals surface area contributed by atoms with Crippen LogP contribution in [0.5, 0.6) is 0 Å². The van der Waals surface area contributed by atoms with Gasteiger partial charge in [-0.25, -0.2) is 0 Å². The van der Waals surface area contributed by atoms with E-state index in [1.807, 2.05) is 36.4 Å². The molecule has 2 heteroatoms. The van der Waals surface area contributed by atoms with E-state index in [2.05, 4.69) is 58.5 Å². The molecule has 0 unspecified atom stereocenters. The monoisotopic (exact) mass is 284 g/mol. The average molecular weight is 284 g/mol. The van der Waals surface area contributed by atoms with Gasteiger partial charge in [0.1, 0.15) is 0 Å². The summed E-state index contributed by atoms with van der Waals surface area (Å²) >= 11 is 0. The van der Waals surface area contributed by atoms with Crippen molar-refractivity contribution in [2.24, 2.45) is 0 Å². The molecule has 0 aliphatic rings. The maximum atomic E-state index is 4.12. The molecule has 2 nitrogen and oxygen atoms in total. The van der Waals surface area contributed by atoms with E-state index in [-0.39, 0.29) is 0 Å². The van der Waals surface area contributed by atoms with Crippen molar-refractivity contribution in [3.05, 3.63) is 97.3 Å². The standard InChI is InChI=1S/C12H10.C8H6N2/c1-3-7-11(8-4-1)12-9-5-2-6-10-12;1-2-4-8-7(3-1)9-5-6-10-8/h1-10H;1-6H. The van der Waals surface area contributed by atoms with Crippen molar-refractivity contribution in [3.63, 3.8) is 0 Å². The van der Waals surface area contributed by atoms with E-state index in [0.717, 1.165) is 11.0 Å². The van der Waals surface area contributed by atoms with E-state index >= 15 is 0 Å².